The second-order valence-corrected chi connectivity index (χ2v) is 5.39. The Labute approximate surface area is 135 Å². The van der Waals surface area contributed by atoms with Gasteiger partial charge in [0.1, 0.15) is 0 Å². The third-order valence-corrected chi connectivity index (χ3v) is 3.73. The molecule has 2 rings (SSSR count). The molecule has 0 aliphatic heterocycles. The molecule has 24 heavy (non-hydrogen) atoms. The molecule has 0 saturated carbocycles. The van der Waals surface area contributed by atoms with Crippen LogP contribution in [0, 0.1) is 0 Å². The third kappa shape index (κ3) is 3.85. The summed E-state index contributed by atoms with van der Waals surface area (Å²) >= 11 is 0. The highest BCUT2D eigenvalue weighted by molar-refractivity contribution is 5.31. The molecule has 132 valence electrons. The van der Waals surface area contributed by atoms with E-state index in [2.05, 4.69) is 0 Å². The maximum Gasteiger partial charge on any atom is 0.433 e. The van der Waals surface area contributed by atoms with Gasteiger partial charge in [-0.05, 0) is 17.5 Å². The van der Waals surface area contributed by atoms with E-state index in [9.17, 15) is 26.7 Å². The topological polar surface area (TPSA) is 37.8 Å². The van der Waals surface area contributed by atoms with Gasteiger partial charge in [0.15, 0.2) is 12.0 Å². The number of alkyl halides is 5. The summed E-state index contributed by atoms with van der Waals surface area (Å²) in [6.07, 6.45) is -7.49. The summed E-state index contributed by atoms with van der Waals surface area (Å²) in [6, 6.07) is 6.78. The molecule has 8 heteroatoms. The molecule has 0 aliphatic rings. The van der Waals surface area contributed by atoms with Gasteiger partial charge in [-0.2, -0.15) is 13.2 Å². The van der Waals surface area contributed by atoms with Crippen molar-refractivity contribution in [3.8, 4) is 0 Å². The number of benzene rings is 1. The second-order valence-electron chi connectivity index (χ2n) is 5.39. The Morgan fingerprint density at radius 2 is 1.75 bits per heavy atom. The summed E-state index contributed by atoms with van der Waals surface area (Å²) in [5.74, 6) is 0. The van der Waals surface area contributed by atoms with Crippen LogP contribution >= 0.6 is 0 Å². The Hall–Kier alpha value is -2.12. The van der Waals surface area contributed by atoms with Gasteiger partial charge < -0.3 is 0 Å². The first-order valence-electron chi connectivity index (χ1n) is 7.46. The summed E-state index contributed by atoms with van der Waals surface area (Å²) in [5, 5.41) is 1.85. The molecule has 0 saturated heterocycles. The Balaban J connectivity index is 2.46. The maximum absolute atomic E-state index is 13.8. The number of aromatic nitrogens is 2. The highest BCUT2D eigenvalue weighted by atomic mass is 19.4. The molecule has 0 fully saturated rings. The number of nitrogens with one attached hydrogen (secondary N) is 1. The van der Waals surface area contributed by atoms with Gasteiger partial charge in [0, 0.05) is 12.8 Å². The molecule has 3 nitrogen and oxygen atoms in total. The van der Waals surface area contributed by atoms with E-state index < -0.39 is 42.4 Å². The van der Waals surface area contributed by atoms with Crippen LogP contribution in [0.1, 0.15) is 42.0 Å². The zero-order chi connectivity index (χ0) is 17.9. The molecule has 0 aliphatic carbocycles. The summed E-state index contributed by atoms with van der Waals surface area (Å²) in [6.45, 7) is 0.806. The van der Waals surface area contributed by atoms with Gasteiger partial charge in [-0.1, -0.05) is 31.2 Å². The van der Waals surface area contributed by atoms with E-state index in [0.717, 1.165) is 12.0 Å². The minimum Gasteiger partial charge on any atom is -0.268 e. The van der Waals surface area contributed by atoms with Crippen LogP contribution in [0.3, 0.4) is 0 Å². The number of aromatic amines is 1. The summed E-state index contributed by atoms with van der Waals surface area (Å²) in [5.41, 5.74) is -1.49. The highest BCUT2D eigenvalue weighted by Gasteiger charge is 2.40. The Morgan fingerprint density at radius 1 is 1.17 bits per heavy atom. The molecule has 0 bridgehead atoms. The molecule has 1 aromatic carbocycles. The van der Waals surface area contributed by atoms with Crippen molar-refractivity contribution in [3.05, 3.63) is 57.0 Å². The lowest BCUT2D eigenvalue weighted by Gasteiger charge is -2.15. The molecule has 1 atom stereocenters. The van der Waals surface area contributed by atoms with Crippen molar-refractivity contribution in [2.24, 2.45) is 0 Å². The van der Waals surface area contributed by atoms with Gasteiger partial charge >= 0.3 is 6.18 Å². The molecular formula is C16H17F5N2O. The molecule has 1 aromatic heterocycles. The monoisotopic (exact) mass is 348 g/mol. The first-order chi connectivity index (χ1) is 11.3. The van der Waals surface area contributed by atoms with Gasteiger partial charge in [0.05, 0.1) is 12.2 Å². The number of hydrogen-bond acceptors (Lipinski definition) is 1. The largest absolute Gasteiger partial charge is 0.433 e. The molecule has 0 amide bonds. The van der Waals surface area contributed by atoms with Gasteiger partial charge in [-0.3, -0.25) is 14.3 Å². The maximum atomic E-state index is 13.8. The first-order valence-corrected chi connectivity index (χ1v) is 7.46. The Morgan fingerprint density at radius 3 is 2.25 bits per heavy atom. The quantitative estimate of drug-likeness (QED) is 0.782. The van der Waals surface area contributed by atoms with Crippen LogP contribution in [-0.4, -0.2) is 16.5 Å². The van der Waals surface area contributed by atoms with Crippen molar-refractivity contribution in [2.45, 2.75) is 38.7 Å². The Bertz CT molecular complexity index is 730. The average molecular weight is 348 g/mol. The van der Waals surface area contributed by atoms with Crippen LogP contribution in [0.4, 0.5) is 22.0 Å². The third-order valence-electron chi connectivity index (χ3n) is 3.73. The van der Waals surface area contributed by atoms with E-state index in [-0.39, 0.29) is 11.1 Å². The van der Waals surface area contributed by atoms with Crippen LogP contribution in [-0.2, 0) is 19.0 Å². The van der Waals surface area contributed by atoms with Gasteiger partial charge in [-0.15, -0.1) is 0 Å². The normalized spacial score (nSPS) is 13.2. The lowest BCUT2D eigenvalue weighted by Crippen LogP contribution is -2.19. The van der Waals surface area contributed by atoms with Crippen molar-refractivity contribution in [1.82, 2.24) is 9.78 Å². The van der Waals surface area contributed by atoms with Crippen LogP contribution in [0.25, 0.3) is 0 Å². The molecule has 1 heterocycles. The highest BCUT2D eigenvalue weighted by Crippen LogP contribution is 2.34. The number of hydrogen-bond donors (Lipinski definition) is 1. The van der Waals surface area contributed by atoms with E-state index in [1.54, 1.807) is 24.3 Å². The van der Waals surface area contributed by atoms with Crippen molar-refractivity contribution in [2.75, 3.05) is 6.67 Å². The number of halogens is 5. The molecule has 0 spiro atoms. The van der Waals surface area contributed by atoms with Gasteiger partial charge in [0.25, 0.3) is 5.56 Å². The second kappa shape index (κ2) is 7.19. The number of rotatable bonds is 6. The van der Waals surface area contributed by atoms with Gasteiger partial charge in [-0.25, -0.2) is 9.07 Å². The molecular weight excluding hydrogens is 331 g/mol. The van der Waals surface area contributed by atoms with Crippen LogP contribution in [0.15, 0.2) is 29.1 Å². The van der Waals surface area contributed by atoms with Crippen LogP contribution in [0.2, 0.25) is 0 Å². The average Bonchev–Trinajstić information content (AvgIpc) is 2.85. The predicted octanol–water partition coefficient (Wildman–Crippen LogP) is 4.18. The zero-order valence-electron chi connectivity index (χ0n) is 13.0. The summed E-state index contributed by atoms with van der Waals surface area (Å²) in [7, 11) is 0. The lowest BCUT2D eigenvalue weighted by molar-refractivity contribution is -0.147. The minimum absolute atomic E-state index is 0.0810. The van der Waals surface area contributed by atoms with E-state index in [0.29, 0.717) is 5.56 Å². The molecule has 1 unspecified atom stereocenters. The van der Waals surface area contributed by atoms with E-state index in [1.165, 1.54) is 0 Å². The molecule has 2 aromatic rings. The van der Waals surface area contributed by atoms with E-state index in [4.69, 9.17) is 0 Å². The Kier molecular flexibility index (Phi) is 5.46. The fourth-order valence-corrected chi connectivity index (χ4v) is 2.48. The van der Waals surface area contributed by atoms with Crippen molar-refractivity contribution < 1.29 is 22.0 Å². The van der Waals surface area contributed by atoms with Crippen molar-refractivity contribution >= 4 is 0 Å². The van der Waals surface area contributed by atoms with Crippen LogP contribution < -0.4 is 5.56 Å². The van der Waals surface area contributed by atoms with Crippen molar-refractivity contribution in [1.29, 1.82) is 0 Å². The van der Waals surface area contributed by atoms with Crippen LogP contribution in [0.5, 0.6) is 0 Å². The SMILES string of the molecule is CCc1ccc(Cc2c(C(F)(F)F)n(C(F)CCF)[nH]c2=O)cc1. The first kappa shape index (κ1) is 18.2. The number of nitrogens with zero attached hydrogens (tertiary/aromatic N) is 1. The summed E-state index contributed by atoms with van der Waals surface area (Å²) in [4.78, 5) is 11.9. The zero-order valence-corrected chi connectivity index (χ0v) is 13.0. The standard InChI is InChI=1S/C16H17F5N2O/c1-2-10-3-5-11(6-4-10)9-12-14(16(19,20)21)23(22-15(12)24)13(18)7-8-17/h3-6,13H,2,7-9H2,1H3,(H,22,24). The fourth-order valence-electron chi connectivity index (χ4n) is 2.48. The fraction of sp³-hybridized carbons (Fsp3) is 0.438. The van der Waals surface area contributed by atoms with E-state index >= 15 is 0 Å². The molecule has 0 radical (unpaired) electrons. The predicted molar refractivity (Wildman–Crippen MR) is 79.4 cm³/mol. The van der Waals surface area contributed by atoms with Crippen molar-refractivity contribution in [3.63, 3.8) is 0 Å². The van der Waals surface area contributed by atoms with Gasteiger partial charge in [0.2, 0.25) is 0 Å². The summed E-state index contributed by atoms with van der Waals surface area (Å²) < 4.78 is 66.1. The minimum atomic E-state index is -4.93. The smallest absolute Gasteiger partial charge is 0.268 e. The van der Waals surface area contributed by atoms with E-state index in [1.807, 2.05) is 12.0 Å². The number of aryl methyl sites for hydroxylation is 1. The number of H-pyrrole nitrogens is 1. The lowest BCUT2D eigenvalue weighted by atomic mass is 10.0. The molecule has 1 N–H and O–H groups in total.